The summed E-state index contributed by atoms with van der Waals surface area (Å²) in [5, 5.41) is 26.6. The first kappa shape index (κ1) is 16.0. The Hall–Kier alpha value is -2.09. The van der Waals surface area contributed by atoms with Crippen LogP contribution in [0.4, 0.5) is 4.79 Å². The minimum Gasteiger partial charge on any atom is -0.479 e. The number of aromatic nitrogens is 2. The molecule has 0 bridgehead atoms. The van der Waals surface area contributed by atoms with Crippen molar-refractivity contribution in [1.29, 1.82) is 0 Å². The highest BCUT2D eigenvalue weighted by atomic mass is 16.4. The Balaban J connectivity index is 2.16. The molecule has 0 saturated carbocycles. The predicted molar refractivity (Wildman–Crippen MR) is 71.4 cm³/mol. The monoisotopic (exact) mass is 284 g/mol. The van der Waals surface area contributed by atoms with Crippen molar-refractivity contribution in [2.75, 3.05) is 13.1 Å². The molecule has 8 nitrogen and oxygen atoms in total. The molecule has 112 valence electrons. The Morgan fingerprint density at radius 2 is 2.10 bits per heavy atom. The van der Waals surface area contributed by atoms with Gasteiger partial charge in [-0.15, -0.1) is 0 Å². The highest BCUT2D eigenvalue weighted by Gasteiger charge is 2.13. The van der Waals surface area contributed by atoms with Crippen LogP contribution in [0.3, 0.4) is 0 Å². The van der Waals surface area contributed by atoms with E-state index in [0.29, 0.717) is 19.5 Å². The summed E-state index contributed by atoms with van der Waals surface area (Å²) in [6, 6.07) is 1.48. The molecule has 8 heteroatoms. The number of nitrogens with zero attached hydrogens (tertiary/aromatic N) is 2. The molecule has 1 atom stereocenters. The van der Waals surface area contributed by atoms with E-state index in [0.717, 1.165) is 11.4 Å². The van der Waals surface area contributed by atoms with Crippen LogP contribution in [-0.4, -0.2) is 51.2 Å². The quantitative estimate of drug-likeness (QED) is 0.510. The van der Waals surface area contributed by atoms with E-state index < -0.39 is 18.1 Å². The minimum absolute atomic E-state index is 0.321. The number of aliphatic hydroxyl groups is 1. The number of aliphatic carboxylic acids is 1. The summed E-state index contributed by atoms with van der Waals surface area (Å²) in [5.74, 6) is -1.37. The van der Waals surface area contributed by atoms with Crippen molar-refractivity contribution in [1.82, 2.24) is 20.4 Å². The van der Waals surface area contributed by atoms with Gasteiger partial charge < -0.3 is 20.8 Å². The lowest BCUT2D eigenvalue weighted by Crippen LogP contribution is -2.42. The summed E-state index contributed by atoms with van der Waals surface area (Å²) < 4.78 is 1.86. The van der Waals surface area contributed by atoms with Crippen molar-refractivity contribution in [2.24, 2.45) is 0 Å². The van der Waals surface area contributed by atoms with E-state index in [4.69, 9.17) is 10.2 Å². The third-order valence-corrected chi connectivity index (χ3v) is 2.68. The van der Waals surface area contributed by atoms with E-state index in [1.54, 1.807) is 0 Å². The summed E-state index contributed by atoms with van der Waals surface area (Å²) in [7, 11) is 0. The molecule has 0 aliphatic carbocycles. The maximum absolute atomic E-state index is 11.3. The average molecular weight is 284 g/mol. The van der Waals surface area contributed by atoms with Gasteiger partial charge in [0.15, 0.2) is 6.10 Å². The van der Waals surface area contributed by atoms with Gasteiger partial charge in [-0.1, -0.05) is 0 Å². The molecule has 0 saturated heterocycles. The number of aliphatic hydroxyl groups excluding tert-OH is 1. The Bertz CT molecular complexity index is 472. The molecule has 1 heterocycles. The summed E-state index contributed by atoms with van der Waals surface area (Å²) >= 11 is 0. The first-order valence-corrected chi connectivity index (χ1v) is 6.33. The number of hydrogen-bond donors (Lipinski definition) is 4. The summed E-state index contributed by atoms with van der Waals surface area (Å²) in [4.78, 5) is 21.6. The number of nitrogens with one attached hydrogen (secondary N) is 2. The number of hydrogen-bond acceptors (Lipinski definition) is 4. The third kappa shape index (κ3) is 5.27. The van der Waals surface area contributed by atoms with Gasteiger partial charge in [0.1, 0.15) is 0 Å². The van der Waals surface area contributed by atoms with Crippen molar-refractivity contribution >= 4 is 12.0 Å². The molecule has 20 heavy (non-hydrogen) atoms. The topological polar surface area (TPSA) is 116 Å². The third-order valence-electron chi connectivity index (χ3n) is 2.68. The van der Waals surface area contributed by atoms with Crippen molar-refractivity contribution in [3.05, 3.63) is 17.5 Å². The molecular weight excluding hydrogens is 264 g/mol. The van der Waals surface area contributed by atoms with Crippen molar-refractivity contribution in [3.8, 4) is 0 Å². The number of rotatable bonds is 7. The second-order valence-corrected chi connectivity index (χ2v) is 4.49. The van der Waals surface area contributed by atoms with Crippen molar-refractivity contribution in [3.63, 3.8) is 0 Å². The van der Waals surface area contributed by atoms with Crippen LogP contribution in [-0.2, 0) is 11.3 Å². The van der Waals surface area contributed by atoms with Crippen LogP contribution in [0.25, 0.3) is 0 Å². The number of aryl methyl sites for hydroxylation is 3. The van der Waals surface area contributed by atoms with Gasteiger partial charge in [0, 0.05) is 18.8 Å². The van der Waals surface area contributed by atoms with E-state index >= 15 is 0 Å². The molecule has 2 amide bonds. The highest BCUT2D eigenvalue weighted by Crippen LogP contribution is 2.02. The number of carbonyl (C=O) groups excluding carboxylic acids is 1. The van der Waals surface area contributed by atoms with Crippen LogP contribution in [0.5, 0.6) is 0 Å². The minimum atomic E-state index is -1.59. The van der Waals surface area contributed by atoms with Crippen molar-refractivity contribution < 1.29 is 19.8 Å². The second kappa shape index (κ2) is 7.49. The normalized spacial score (nSPS) is 11.9. The molecule has 1 unspecified atom stereocenters. The van der Waals surface area contributed by atoms with Gasteiger partial charge in [-0.3, -0.25) is 4.68 Å². The van der Waals surface area contributed by atoms with E-state index in [9.17, 15) is 9.59 Å². The Labute approximate surface area is 116 Å². The fourth-order valence-corrected chi connectivity index (χ4v) is 1.67. The second-order valence-electron chi connectivity index (χ2n) is 4.49. The van der Waals surface area contributed by atoms with Crippen molar-refractivity contribution in [2.45, 2.75) is 32.9 Å². The van der Waals surface area contributed by atoms with Crippen LogP contribution < -0.4 is 10.6 Å². The number of carboxylic acid groups (broad SMARTS) is 1. The maximum atomic E-state index is 11.3. The standard InChI is InChI=1S/C12H20N4O4/c1-8-6-9(2)16(15-8)5-3-4-13-12(20)14-7-10(17)11(18)19/h6,10,17H,3-5,7H2,1-2H3,(H,18,19)(H2,13,14,20). The van der Waals surface area contributed by atoms with Gasteiger partial charge >= 0.3 is 12.0 Å². The Kier molecular flexibility index (Phi) is 5.98. The smallest absolute Gasteiger partial charge is 0.334 e. The number of urea groups is 1. The van der Waals surface area contributed by atoms with Gasteiger partial charge in [-0.05, 0) is 26.3 Å². The molecule has 0 aliphatic rings. The first-order valence-electron chi connectivity index (χ1n) is 6.33. The molecule has 1 rings (SSSR count). The SMILES string of the molecule is Cc1cc(C)n(CCCNC(=O)NCC(O)C(=O)O)n1. The summed E-state index contributed by atoms with van der Waals surface area (Å²) in [6.07, 6.45) is -0.882. The molecule has 0 aromatic carbocycles. The van der Waals surface area contributed by atoms with Gasteiger partial charge in [-0.2, -0.15) is 5.10 Å². The lowest BCUT2D eigenvalue weighted by molar-refractivity contribution is -0.146. The zero-order valence-corrected chi connectivity index (χ0v) is 11.6. The molecule has 4 N–H and O–H groups in total. The van der Waals surface area contributed by atoms with Crippen LogP contribution >= 0.6 is 0 Å². The van der Waals surface area contributed by atoms with E-state index in [1.165, 1.54) is 0 Å². The molecule has 0 fully saturated rings. The highest BCUT2D eigenvalue weighted by molar-refractivity contribution is 5.76. The fourth-order valence-electron chi connectivity index (χ4n) is 1.67. The van der Waals surface area contributed by atoms with Gasteiger partial charge in [0.05, 0.1) is 12.2 Å². The predicted octanol–water partition coefficient (Wildman–Crippen LogP) is -0.365. The molecule has 0 aliphatic heterocycles. The lowest BCUT2D eigenvalue weighted by Gasteiger charge is -2.09. The maximum Gasteiger partial charge on any atom is 0.334 e. The van der Waals surface area contributed by atoms with E-state index in [2.05, 4.69) is 15.7 Å². The van der Waals surface area contributed by atoms with Crippen LogP contribution in [0.1, 0.15) is 17.8 Å². The number of carboxylic acids is 1. The van der Waals surface area contributed by atoms with E-state index in [1.807, 2.05) is 24.6 Å². The molecule has 0 radical (unpaired) electrons. The van der Waals surface area contributed by atoms with Gasteiger partial charge in [0.25, 0.3) is 0 Å². The molecule has 1 aromatic rings. The Morgan fingerprint density at radius 3 is 2.65 bits per heavy atom. The molecule has 1 aromatic heterocycles. The molecule has 0 spiro atoms. The summed E-state index contributed by atoms with van der Waals surface area (Å²) in [6.45, 7) is 4.69. The zero-order chi connectivity index (χ0) is 15.1. The number of carbonyl (C=O) groups is 2. The van der Waals surface area contributed by atoms with E-state index in [-0.39, 0.29) is 6.54 Å². The van der Waals surface area contributed by atoms with Gasteiger partial charge in [0.2, 0.25) is 0 Å². The Morgan fingerprint density at radius 1 is 1.40 bits per heavy atom. The average Bonchev–Trinajstić information content (AvgIpc) is 2.70. The van der Waals surface area contributed by atoms with Gasteiger partial charge in [-0.25, -0.2) is 9.59 Å². The zero-order valence-electron chi connectivity index (χ0n) is 11.6. The summed E-state index contributed by atoms with van der Waals surface area (Å²) in [5.41, 5.74) is 2.02. The largest absolute Gasteiger partial charge is 0.479 e. The molecular formula is C12H20N4O4. The first-order chi connectivity index (χ1) is 9.40. The van der Waals surface area contributed by atoms with Crippen LogP contribution in [0, 0.1) is 13.8 Å². The number of amides is 2. The van der Waals surface area contributed by atoms with Crippen LogP contribution in [0.2, 0.25) is 0 Å². The lowest BCUT2D eigenvalue weighted by atomic mass is 10.3. The fraction of sp³-hybridized carbons (Fsp3) is 0.583. The van der Waals surface area contributed by atoms with Crippen LogP contribution in [0.15, 0.2) is 6.07 Å².